The summed E-state index contributed by atoms with van der Waals surface area (Å²) in [4.78, 5) is 7.12. The molecule has 1 aliphatic rings. The standard InChI is InChI=1S/C55H41N3S/c1-40-19-7-6-18-34-56(53-38-52-50-28-16-17-29-54(50)59-55(52)39-51(40)53)48-35-42(36-49(37-48)58(45-24-12-4-13-25-45)46-26-14-5-15-27-46)41-30-32-47(33-31-41)57(43-20-8-2-9-21-43)44-22-10-3-11-23-44/h2-33,35-39H,1,34H2/b18-6-,19-7-. The maximum Gasteiger partial charge on any atom is 0.0500 e. The summed E-state index contributed by atoms with van der Waals surface area (Å²) in [5, 5.41) is 2.54. The van der Waals surface area contributed by atoms with Crippen LogP contribution in [0.2, 0.25) is 0 Å². The van der Waals surface area contributed by atoms with Crippen LogP contribution in [-0.2, 0) is 0 Å². The van der Waals surface area contributed by atoms with Gasteiger partial charge in [-0.1, -0.05) is 134 Å². The molecule has 59 heavy (non-hydrogen) atoms. The van der Waals surface area contributed by atoms with Gasteiger partial charge in [-0.05, 0) is 114 Å². The smallest absolute Gasteiger partial charge is 0.0500 e. The van der Waals surface area contributed by atoms with Crippen molar-refractivity contribution in [1.29, 1.82) is 0 Å². The highest BCUT2D eigenvalue weighted by Gasteiger charge is 2.22. The zero-order chi connectivity index (χ0) is 39.5. The van der Waals surface area contributed by atoms with Gasteiger partial charge in [0.25, 0.3) is 0 Å². The van der Waals surface area contributed by atoms with E-state index in [0.29, 0.717) is 6.54 Å². The van der Waals surface area contributed by atoms with E-state index in [0.717, 1.165) is 67.8 Å². The summed E-state index contributed by atoms with van der Waals surface area (Å²) >= 11 is 1.84. The Hall–Kier alpha value is -7.40. The van der Waals surface area contributed by atoms with Crippen LogP contribution in [0.5, 0.6) is 0 Å². The van der Waals surface area contributed by atoms with E-state index in [2.05, 4.69) is 246 Å². The average Bonchev–Trinajstić information content (AvgIpc) is 3.69. The number of para-hydroxylation sites is 4. The lowest BCUT2D eigenvalue weighted by molar-refractivity contribution is 1.09. The van der Waals surface area contributed by atoms with E-state index >= 15 is 0 Å². The van der Waals surface area contributed by atoms with Crippen molar-refractivity contribution in [1.82, 2.24) is 0 Å². The van der Waals surface area contributed by atoms with Crippen molar-refractivity contribution in [2.45, 2.75) is 0 Å². The van der Waals surface area contributed by atoms with Crippen molar-refractivity contribution >= 4 is 82.6 Å². The second kappa shape index (κ2) is 15.9. The molecule has 0 fully saturated rings. The molecule has 282 valence electrons. The molecule has 0 atom stereocenters. The Bertz CT molecular complexity index is 2890. The molecular weight excluding hydrogens is 735 g/mol. The number of nitrogens with zero attached hydrogens (tertiary/aromatic N) is 3. The topological polar surface area (TPSA) is 9.72 Å². The van der Waals surface area contributed by atoms with Crippen LogP contribution < -0.4 is 14.7 Å². The summed E-state index contributed by atoms with van der Waals surface area (Å²) in [5.41, 5.74) is 13.2. The molecule has 4 heteroatoms. The van der Waals surface area contributed by atoms with Crippen molar-refractivity contribution in [3.63, 3.8) is 0 Å². The monoisotopic (exact) mass is 775 g/mol. The summed E-state index contributed by atoms with van der Waals surface area (Å²) in [6.45, 7) is 5.27. The van der Waals surface area contributed by atoms with E-state index in [-0.39, 0.29) is 0 Å². The molecule has 2 heterocycles. The summed E-state index contributed by atoms with van der Waals surface area (Å²) < 4.78 is 2.55. The summed E-state index contributed by atoms with van der Waals surface area (Å²) in [6.07, 6.45) is 8.61. The van der Waals surface area contributed by atoms with Gasteiger partial charge in [0, 0.05) is 77.8 Å². The number of fused-ring (bicyclic) bond motifs is 4. The molecule has 0 bridgehead atoms. The van der Waals surface area contributed by atoms with Gasteiger partial charge in [-0.2, -0.15) is 0 Å². The van der Waals surface area contributed by atoms with Gasteiger partial charge < -0.3 is 14.7 Å². The molecule has 1 aliphatic heterocycles. The Morgan fingerprint density at radius 2 is 0.983 bits per heavy atom. The molecule has 10 rings (SSSR count). The van der Waals surface area contributed by atoms with E-state index in [1.165, 1.54) is 20.2 Å². The van der Waals surface area contributed by atoms with Crippen LogP contribution in [0.25, 0.3) is 36.9 Å². The Kier molecular flexibility index (Phi) is 9.67. The van der Waals surface area contributed by atoms with Crippen molar-refractivity contribution in [3.05, 3.63) is 237 Å². The van der Waals surface area contributed by atoms with Crippen LogP contribution in [0.3, 0.4) is 0 Å². The minimum Gasteiger partial charge on any atom is -0.337 e. The van der Waals surface area contributed by atoms with Crippen LogP contribution in [-0.4, -0.2) is 6.54 Å². The molecule has 3 nitrogen and oxygen atoms in total. The van der Waals surface area contributed by atoms with E-state index in [9.17, 15) is 0 Å². The van der Waals surface area contributed by atoms with Gasteiger partial charge in [0.15, 0.2) is 0 Å². The highest BCUT2D eigenvalue weighted by atomic mass is 32.1. The van der Waals surface area contributed by atoms with Crippen molar-refractivity contribution in [2.75, 3.05) is 21.2 Å². The van der Waals surface area contributed by atoms with Crippen LogP contribution in [0.1, 0.15) is 5.56 Å². The Balaban J connectivity index is 1.17. The highest BCUT2D eigenvalue weighted by Crippen LogP contribution is 2.45. The third-order valence-corrected chi connectivity index (χ3v) is 12.1. The lowest BCUT2D eigenvalue weighted by Crippen LogP contribution is -2.19. The molecule has 0 spiro atoms. The van der Waals surface area contributed by atoms with Crippen molar-refractivity contribution < 1.29 is 0 Å². The maximum atomic E-state index is 4.59. The summed E-state index contributed by atoms with van der Waals surface area (Å²) in [7, 11) is 0. The maximum absolute atomic E-state index is 4.59. The van der Waals surface area contributed by atoms with Gasteiger partial charge in [-0.25, -0.2) is 0 Å². The molecule has 0 amide bonds. The minimum absolute atomic E-state index is 0.680. The van der Waals surface area contributed by atoms with Gasteiger partial charge in [0.05, 0.1) is 0 Å². The van der Waals surface area contributed by atoms with Gasteiger partial charge in [-0.3, -0.25) is 0 Å². The van der Waals surface area contributed by atoms with E-state index < -0.39 is 0 Å². The van der Waals surface area contributed by atoms with Gasteiger partial charge >= 0.3 is 0 Å². The fraction of sp³-hybridized carbons (Fsp3) is 0.0182. The molecule has 0 saturated carbocycles. The SMILES string of the molecule is C=C1/C=C\C=C/CN(c2cc(-c3ccc(N(c4ccccc4)c4ccccc4)cc3)cc(N(c3ccccc3)c3ccccc3)c2)c2cc3c(cc21)sc1ccccc13. The van der Waals surface area contributed by atoms with Crippen molar-refractivity contribution in [3.8, 4) is 11.1 Å². The Morgan fingerprint density at radius 1 is 0.441 bits per heavy atom. The number of thiophene rings is 1. The molecule has 0 N–H and O–H groups in total. The Morgan fingerprint density at radius 3 is 1.59 bits per heavy atom. The van der Waals surface area contributed by atoms with Gasteiger partial charge in [0.2, 0.25) is 0 Å². The molecule has 0 unspecified atom stereocenters. The second-order valence-corrected chi connectivity index (χ2v) is 15.8. The quantitative estimate of drug-likeness (QED) is 0.152. The third-order valence-electron chi connectivity index (χ3n) is 11.0. The normalized spacial score (nSPS) is 13.6. The second-order valence-electron chi connectivity index (χ2n) is 14.7. The number of allylic oxidation sites excluding steroid dienone is 4. The zero-order valence-corrected chi connectivity index (χ0v) is 33.3. The minimum atomic E-state index is 0.680. The number of hydrogen-bond donors (Lipinski definition) is 0. The molecular formula is C55H41N3S. The molecule has 0 aliphatic carbocycles. The lowest BCUT2D eigenvalue weighted by Gasteiger charge is -2.31. The molecule has 9 aromatic rings. The molecule has 8 aromatic carbocycles. The number of anilines is 8. The van der Waals surface area contributed by atoms with Crippen LogP contribution >= 0.6 is 11.3 Å². The Labute approximate surface area is 350 Å². The first kappa shape index (κ1) is 36.0. The van der Waals surface area contributed by atoms with Crippen LogP contribution in [0.4, 0.5) is 45.5 Å². The fourth-order valence-electron chi connectivity index (χ4n) is 8.14. The highest BCUT2D eigenvalue weighted by molar-refractivity contribution is 7.25. The predicted molar refractivity (Wildman–Crippen MR) is 255 cm³/mol. The first-order chi connectivity index (χ1) is 29.2. The zero-order valence-electron chi connectivity index (χ0n) is 32.5. The number of benzene rings is 8. The van der Waals surface area contributed by atoms with Gasteiger partial charge in [0.1, 0.15) is 0 Å². The lowest BCUT2D eigenvalue weighted by atomic mass is 9.99. The predicted octanol–water partition coefficient (Wildman–Crippen LogP) is 15.9. The van der Waals surface area contributed by atoms with E-state index in [4.69, 9.17) is 0 Å². The van der Waals surface area contributed by atoms with E-state index in [1.807, 2.05) is 11.3 Å². The number of rotatable bonds is 8. The number of hydrogen-bond acceptors (Lipinski definition) is 4. The average molecular weight is 776 g/mol. The first-order valence-corrected chi connectivity index (χ1v) is 20.8. The largest absolute Gasteiger partial charge is 0.337 e. The van der Waals surface area contributed by atoms with Crippen LogP contribution in [0.15, 0.2) is 231 Å². The summed E-state index contributed by atoms with van der Waals surface area (Å²) in [6, 6.07) is 71.9. The third kappa shape index (κ3) is 7.12. The first-order valence-electron chi connectivity index (χ1n) is 20.0. The van der Waals surface area contributed by atoms with Gasteiger partial charge in [-0.15, -0.1) is 11.3 Å². The van der Waals surface area contributed by atoms with Crippen LogP contribution in [0, 0.1) is 0 Å². The molecule has 0 saturated heterocycles. The fourth-order valence-corrected chi connectivity index (χ4v) is 9.27. The summed E-state index contributed by atoms with van der Waals surface area (Å²) in [5.74, 6) is 0. The molecule has 1 aromatic heterocycles. The molecule has 0 radical (unpaired) electrons. The van der Waals surface area contributed by atoms with Crippen molar-refractivity contribution in [2.24, 2.45) is 0 Å². The van der Waals surface area contributed by atoms with E-state index in [1.54, 1.807) is 0 Å².